The van der Waals surface area contributed by atoms with E-state index in [4.69, 9.17) is 10.5 Å². The number of hydrogen-bond acceptors (Lipinski definition) is 4. The molecular weight excluding hydrogens is 426 g/mol. The molecule has 0 spiro atoms. The molecule has 0 bridgehead atoms. The molecule has 6 heteroatoms. The van der Waals surface area contributed by atoms with Crippen LogP contribution in [0.4, 0.5) is 10.5 Å². The van der Waals surface area contributed by atoms with E-state index in [0.29, 0.717) is 25.2 Å². The zero-order chi connectivity index (χ0) is 24.6. The third-order valence-electron chi connectivity index (χ3n) is 5.15. The molecule has 0 fully saturated rings. The summed E-state index contributed by atoms with van der Waals surface area (Å²) in [6.07, 6.45) is -0.306. The Morgan fingerprint density at radius 1 is 0.824 bits per heavy atom. The highest BCUT2D eigenvalue weighted by Gasteiger charge is 2.28. The van der Waals surface area contributed by atoms with Crippen molar-refractivity contribution in [2.24, 2.45) is 0 Å². The van der Waals surface area contributed by atoms with Gasteiger partial charge in [-0.05, 0) is 49.6 Å². The van der Waals surface area contributed by atoms with E-state index in [9.17, 15) is 9.59 Å². The molecule has 0 aromatic heterocycles. The molecule has 3 N–H and O–H groups in total. The highest BCUT2D eigenvalue weighted by molar-refractivity contribution is 5.86. The van der Waals surface area contributed by atoms with Gasteiger partial charge in [0.2, 0.25) is 5.91 Å². The van der Waals surface area contributed by atoms with Crippen LogP contribution in [0.25, 0.3) is 0 Å². The van der Waals surface area contributed by atoms with Crippen molar-refractivity contribution in [2.75, 3.05) is 5.73 Å². The van der Waals surface area contributed by atoms with Gasteiger partial charge in [0, 0.05) is 25.2 Å². The van der Waals surface area contributed by atoms with Crippen molar-refractivity contribution in [1.29, 1.82) is 0 Å². The summed E-state index contributed by atoms with van der Waals surface area (Å²) in [6.45, 7) is 6.22. The fraction of sp³-hybridized carbons (Fsp3) is 0.286. The van der Waals surface area contributed by atoms with Crippen LogP contribution in [-0.2, 0) is 29.0 Å². The molecule has 1 atom stereocenters. The molecule has 0 aliphatic heterocycles. The highest BCUT2D eigenvalue weighted by Crippen LogP contribution is 2.16. The Morgan fingerprint density at radius 2 is 1.32 bits per heavy atom. The molecule has 3 aromatic rings. The minimum Gasteiger partial charge on any atom is -0.444 e. The Labute approximate surface area is 201 Å². The number of anilines is 1. The van der Waals surface area contributed by atoms with Gasteiger partial charge in [-0.15, -0.1) is 0 Å². The smallest absolute Gasteiger partial charge is 0.408 e. The van der Waals surface area contributed by atoms with E-state index in [0.717, 1.165) is 16.7 Å². The molecule has 0 saturated carbocycles. The van der Waals surface area contributed by atoms with Crippen LogP contribution in [0.2, 0.25) is 0 Å². The average molecular weight is 460 g/mol. The summed E-state index contributed by atoms with van der Waals surface area (Å²) in [4.78, 5) is 28.3. The van der Waals surface area contributed by atoms with Crippen molar-refractivity contribution in [1.82, 2.24) is 10.2 Å². The molecule has 0 heterocycles. The highest BCUT2D eigenvalue weighted by atomic mass is 16.6. The topological polar surface area (TPSA) is 84.7 Å². The Morgan fingerprint density at radius 3 is 1.79 bits per heavy atom. The molecule has 6 nitrogen and oxygen atoms in total. The fourth-order valence-electron chi connectivity index (χ4n) is 3.58. The van der Waals surface area contributed by atoms with E-state index >= 15 is 0 Å². The lowest BCUT2D eigenvalue weighted by atomic mass is 10.0. The third-order valence-corrected chi connectivity index (χ3v) is 5.15. The Hall–Kier alpha value is -3.80. The Balaban J connectivity index is 1.88. The van der Waals surface area contributed by atoms with Gasteiger partial charge in [-0.3, -0.25) is 4.79 Å². The first-order valence-electron chi connectivity index (χ1n) is 11.4. The Bertz CT molecular complexity index is 1020. The standard InChI is InChI=1S/C28H33N3O3/c1-28(2,3)34-27(33)30-25(18-21-14-16-24(29)17-15-21)26(32)31(19-22-10-6-4-7-11-22)20-23-12-8-5-9-13-23/h4-17,25H,18-20,29H2,1-3H3,(H,30,33). The van der Waals surface area contributed by atoms with E-state index in [-0.39, 0.29) is 5.91 Å². The maximum absolute atomic E-state index is 13.9. The molecule has 0 radical (unpaired) electrons. The Kier molecular flexibility index (Phi) is 8.30. The van der Waals surface area contributed by atoms with Crippen LogP contribution in [0.1, 0.15) is 37.5 Å². The van der Waals surface area contributed by atoms with Crippen molar-refractivity contribution in [3.05, 3.63) is 102 Å². The number of carbonyl (C=O) groups excluding carboxylic acids is 2. The quantitative estimate of drug-likeness (QED) is 0.468. The molecule has 178 valence electrons. The average Bonchev–Trinajstić information content (AvgIpc) is 2.79. The van der Waals surface area contributed by atoms with E-state index in [1.54, 1.807) is 37.8 Å². The number of nitrogens with zero attached hydrogens (tertiary/aromatic N) is 1. The van der Waals surface area contributed by atoms with Gasteiger partial charge in [0.1, 0.15) is 11.6 Å². The number of amides is 2. The predicted octanol–water partition coefficient (Wildman–Crippen LogP) is 4.93. The number of hydrogen-bond donors (Lipinski definition) is 2. The zero-order valence-electron chi connectivity index (χ0n) is 20.0. The van der Waals surface area contributed by atoms with Crippen LogP contribution in [0.3, 0.4) is 0 Å². The lowest BCUT2D eigenvalue weighted by molar-refractivity contribution is -0.134. The summed E-state index contributed by atoms with van der Waals surface area (Å²) >= 11 is 0. The predicted molar refractivity (Wildman–Crippen MR) is 135 cm³/mol. The van der Waals surface area contributed by atoms with Gasteiger partial charge >= 0.3 is 6.09 Å². The molecule has 3 aromatic carbocycles. The van der Waals surface area contributed by atoms with Crippen molar-refractivity contribution in [3.8, 4) is 0 Å². The first-order chi connectivity index (χ1) is 16.2. The van der Waals surface area contributed by atoms with E-state index in [1.165, 1.54) is 0 Å². The molecule has 3 rings (SSSR count). The maximum Gasteiger partial charge on any atom is 0.408 e. The number of alkyl carbamates (subject to hydrolysis) is 1. The molecule has 2 amide bonds. The first-order valence-corrected chi connectivity index (χ1v) is 11.4. The molecule has 1 unspecified atom stereocenters. The van der Waals surface area contributed by atoms with Crippen molar-refractivity contribution >= 4 is 17.7 Å². The first kappa shape index (κ1) is 24.8. The van der Waals surface area contributed by atoms with E-state index in [2.05, 4.69) is 5.32 Å². The van der Waals surface area contributed by atoms with Gasteiger partial charge in [-0.2, -0.15) is 0 Å². The second-order valence-electron chi connectivity index (χ2n) is 9.31. The number of rotatable bonds is 8. The number of ether oxygens (including phenoxy) is 1. The van der Waals surface area contributed by atoms with Gasteiger partial charge in [-0.25, -0.2) is 4.79 Å². The van der Waals surface area contributed by atoms with Crippen LogP contribution in [0, 0.1) is 0 Å². The normalized spacial score (nSPS) is 12.0. The molecular formula is C28H33N3O3. The van der Waals surface area contributed by atoms with Crippen LogP contribution in [0.15, 0.2) is 84.9 Å². The minimum atomic E-state index is -0.800. The van der Waals surface area contributed by atoms with Crippen LogP contribution in [-0.4, -0.2) is 28.5 Å². The van der Waals surface area contributed by atoms with Crippen LogP contribution >= 0.6 is 0 Å². The monoisotopic (exact) mass is 459 g/mol. The van der Waals surface area contributed by atoms with Crippen LogP contribution < -0.4 is 11.1 Å². The van der Waals surface area contributed by atoms with Gasteiger partial charge in [0.05, 0.1) is 0 Å². The molecule has 0 aliphatic carbocycles. The summed E-state index contributed by atoms with van der Waals surface area (Å²) in [5, 5.41) is 2.80. The van der Waals surface area contributed by atoms with Gasteiger partial charge in [0.15, 0.2) is 0 Å². The summed E-state index contributed by atoms with van der Waals surface area (Å²) in [5.41, 5.74) is 8.70. The van der Waals surface area contributed by atoms with E-state index < -0.39 is 17.7 Å². The second kappa shape index (κ2) is 11.4. The van der Waals surface area contributed by atoms with Crippen molar-refractivity contribution < 1.29 is 14.3 Å². The van der Waals surface area contributed by atoms with Crippen molar-refractivity contribution in [3.63, 3.8) is 0 Å². The summed E-state index contributed by atoms with van der Waals surface area (Å²) in [6, 6.07) is 26.1. The van der Waals surface area contributed by atoms with E-state index in [1.807, 2.05) is 72.8 Å². The number of nitrogen functional groups attached to an aromatic ring is 1. The maximum atomic E-state index is 13.9. The lowest BCUT2D eigenvalue weighted by Gasteiger charge is -2.29. The largest absolute Gasteiger partial charge is 0.444 e. The SMILES string of the molecule is CC(C)(C)OC(=O)NC(Cc1ccc(N)cc1)C(=O)N(Cc1ccccc1)Cc1ccccc1. The minimum absolute atomic E-state index is 0.185. The molecule has 0 saturated heterocycles. The number of nitrogens with one attached hydrogen (secondary N) is 1. The summed E-state index contributed by atoms with van der Waals surface area (Å²) in [5.74, 6) is -0.185. The number of nitrogens with two attached hydrogens (primary N) is 1. The zero-order valence-corrected chi connectivity index (χ0v) is 20.0. The van der Waals surface area contributed by atoms with Crippen LogP contribution in [0.5, 0.6) is 0 Å². The second-order valence-corrected chi connectivity index (χ2v) is 9.31. The van der Waals surface area contributed by atoms with Crippen molar-refractivity contribution in [2.45, 2.75) is 51.9 Å². The third kappa shape index (κ3) is 7.96. The van der Waals surface area contributed by atoms with Gasteiger partial charge in [-0.1, -0.05) is 72.8 Å². The summed E-state index contributed by atoms with van der Waals surface area (Å²) in [7, 11) is 0. The number of benzene rings is 3. The lowest BCUT2D eigenvalue weighted by Crippen LogP contribution is -2.50. The number of carbonyl (C=O) groups is 2. The molecule has 34 heavy (non-hydrogen) atoms. The van der Waals surface area contributed by atoms with Gasteiger partial charge in [0.25, 0.3) is 0 Å². The fourth-order valence-corrected chi connectivity index (χ4v) is 3.58. The molecule has 0 aliphatic rings. The van der Waals surface area contributed by atoms with Gasteiger partial charge < -0.3 is 20.7 Å². The summed E-state index contributed by atoms with van der Waals surface area (Å²) < 4.78 is 5.45.